The molecule has 0 atom stereocenters. The Hall–Kier alpha value is -3.62. The molecule has 0 aliphatic carbocycles. The molecule has 0 bridgehead atoms. The van der Waals surface area contributed by atoms with Crippen molar-refractivity contribution in [2.75, 3.05) is 42.9 Å². The molecule has 2 N–H and O–H groups in total. The van der Waals surface area contributed by atoms with E-state index in [-0.39, 0.29) is 42.8 Å². The Morgan fingerprint density at radius 2 is 1.59 bits per heavy atom. The van der Waals surface area contributed by atoms with Gasteiger partial charge in [-0.05, 0) is 55.8 Å². The number of halogens is 1. The maximum absolute atomic E-state index is 13.1. The smallest absolute Gasteiger partial charge is 0.317 e. The number of anilines is 2. The molecule has 9 heteroatoms. The van der Waals surface area contributed by atoms with Gasteiger partial charge in [-0.25, -0.2) is 9.18 Å². The number of carbonyl (C=O) groups is 3. The first kappa shape index (κ1) is 25.0. The molecule has 0 unspecified atom stereocenters. The zero-order chi connectivity index (χ0) is 24.7. The lowest BCUT2D eigenvalue weighted by atomic mass is 10.2. The molecule has 1 fully saturated rings. The molecule has 2 aromatic carbocycles. The monoisotopic (exact) mass is 469 g/mol. The summed E-state index contributed by atoms with van der Waals surface area (Å²) in [4.78, 5) is 42.1. The second-order valence-electron chi connectivity index (χ2n) is 8.67. The van der Waals surface area contributed by atoms with Crippen LogP contribution in [0.2, 0.25) is 0 Å². The highest BCUT2D eigenvalue weighted by molar-refractivity contribution is 5.94. The normalized spacial score (nSPS) is 13.6. The summed E-state index contributed by atoms with van der Waals surface area (Å²) >= 11 is 0. The third-order valence-corrected chi connectivity index (χ3v) is 5.56. The number of rotatable bonds is 7. The summed E-state index contributed by atoms with van der Waals surface area (Å²) in [6, 6.07) is 13.4. The summed E-state index contributed by atoms with van der Waals surface area (Å²) in [6.07, 6.45) is 0. The van der Waals surface area contributed by atoms with Crippen LogP contribution in [0.25, 0.3) is 0 Å². The number of benzene rings is 2. The third-order valence-electron chi connectivity index (χ3n) is 5.56. The van der Waals surface area contributed by atoms with Gasteiger partial charge in [-0.2, -0.15) is 0 Å². The van der Waals surface area contributed by atoms with E-state index in [1.807, 2.05) is 43.0 Å². The molecule has 1 aliphatic heterocycles. The molecule has 182 valence electrons. The number of carbonyl (C=O) groups excluding carboxylic acids is 3. The average Bonchev–Trinajstić information content (AvgIpc) is 2.80. The van der Waals surface area contributed by atoms with Gasteiger partial charge in [0.1, 0.15) is 12.4 Å². The van der Waals surface area contributed by atoms with Gasteiger partial charge < -0.3 is 25.3 Å². The average molecular weight is 470 g/mol. The van der Waals surface area contributed by atoms with Crippen molar-refractivity contribution in [1.82, 2.24) is 15.1 Å². The summed E-state index contributed by atoms with van der Waals surface area (Å²) in [6.45, 7) is 8.16. The fourth-order valence-corrected chi connectivity index (χ4v) is 3.72. The minimum atomic E-state index is -0.349. The second kappa shape index (κ2) is 11.5. The number of hydrogen-bond acceptors (Lipinski definition) is 4. The van der Waals surface area contributed by atoms with E-state index in [4.69, 9.17) is 0 Å². The SMILES string of the molecule is CC(=O)N(CC(=O)Nc1ccc(N2CCN(C(=O)NC(C)C)CC2)cc1)Cc1ccc(F)cc1. The van der Waals surface area contributed by atoms with Crippen LogP contribution in [0.4, 0.5) is 20.6 Å². The first-order chi connectivity index (χ1) is 16.2. The zero-order valence-electron chi connectivity index (χ0n) is 19.9. The number of urea groups is 1. The van der Waals surface area contributed by atoms with Crippen LogP contribution in [0.15, 0.2) is 48.5 Å². The second-order valence-corrected chi connectivity index (χ2v) is 8.67. The van der Waals surface area contributed by atoms with E-state index in [1.165, 1.54) is 24.0 Å². The minimum Gasteiger partial charge on any atom is -0.368 e. The van der Waals surface area contributed by atoms with Crippen molar-refractivity contribution < 1.29 is 18.8 Å². The molecular formula is C25H32FN5O3. The third kappa shape index (κ3) is 7.19. The molecule has 0 aromatic heterocycles. The van der Waals surface area contributed by atoms with Crippen molar-refractivity contribution >= 4 is 29.2 Å². The lowest BCUT2D eigenvalue weighted by Crippen LogP contribution is -2.52. The van der Waals surface area contributed by atoms with Gasteiger partial charge >= 0.3 is 6.03 Å². The number of nitrogens with one attached hydrogen (secondary N) is 2. The van der Waals surface area contributed by atoms with Gasteiger partial charge in [-0.3, -0.25) is 9.59 Å². The molecule has 1 heterocycles. The predicted molar refractivity (Wildman–Crippen MR) is 130 cm³/mol. The first-order valence-electron chi connectivity index (χ1n) is 11.4. The maximum Gasteiger partial charge on any atom is 0.317 e. The van der Waals surface area contributed by atoms with Gasteiger partial charge in [0.2, 0.25) is 11.8 Å². The van der Waals surface area contributed by atoms with Crippen molar-refractivity contribution in [3.63, 3.8) is 0 Å². The molecule has 8 nitrogen and oxygen atoms in total. The van der Waals surface area contributed by atoms with Gasteiger partial charge in [0.25, 0.3) is 0 Å². The van der Waals surface area contributed by atoms with Crippen LogP contribution in [-0.4, -0.2) is 66.4 Å². The molecular weight excluding hydrogens is 437 g/mol. The van der Waals surface area contributed by atoms with E-state index >= 15 is 0 Å². The van der Waals surface area contributed by atoms with Crippen LogP contribution < -0.4 is 15.5 Å². The van der Waals surface area contributed by atoms with Gasteiger partial charge in [-0.15, -0.1) is 0 Å². The largest absolute Gasteiger partial charge is 0.368 e. The molecule has 0 radical (unpaired) electrons. The van der Waals surface area contributed by atoms with Crippen molar-refractivity contribution in [2.45, 2.75) is 33.4 Å². The maximum atomic E-state index is 13.1. The van der Waals surface area contributed by atoms with Crippen LogP contribution in [0.1, 0.15) is 26.3 Å². The highest BCUT2D eigenvalue weighted by Gasteiger charge is 2.21. The van der Waals surface area contributed by atoms with E-state index < -0.39 is 0 Å². The molecule has 3 rings (SSSR count). The highest BCUT2D eigenvalue weighted by Crippen LogP contribution is 2.20. The summed E-state index contributed by atoms with van der Waals surface area (Å²) in [7, 11) is 0. The Labute approximate surface area is 199 Å². The van der Waals surface area contributed by atoms with Crippen molar-refractivity contribution in [1.29, 1.82) is 0 Å². The van der Waals surface area contributed by atoms with E-state index in [1.54, 1.807) is 12.1 Å². The number of piperazine rings is 1. The minimum absolute atomic E-state index is 0.0354. The number of hydrogen-bond donors (Lipinski definition) is 2. The standard InChI is InChI=1S/C25H32FN5O3/c1-18(2)27-25(34)30-14-12-29(13-15-30)23-10-8-22(9-11-23)28-24(33)17-31(19(3)32)16-20-4-6-21(26)7-5-20/h4-11,18H,12-17H2,1-3H3,(H,27,34)(H,28,33). The van der Waals surface area contributed by atoms with Gasteiger partial charge in [0.15, 0.2) is 0 Å². The van der Waals surface area contributed by atoms with Crippen LogP contribution in [0.5, 0.6) is 0 Å². The summed E-state index contributed by atoms with van der Waals surface area (Å²) in [5.41, 5.74) is 2.40. The van der Waals surface area contributed by atoms with Crippen LogP contribution in [0.3, 0.4) is 0 Å². The van der Waals surface area contributed by atoms with E-state index in [0.29, 0.717) is 18.8 Å². The molecule has 1 saturated heterocycles. The molecule has 0 spiro atoms. The molecule has 2 aromatic rings. The topological polar surface area (TPSA) is 85.0 Å². The Balaban J connectivity index is 1.50. The summed E-state index contributed by atoms with van der Waals surface area (Å²) in [5.74, 6) is -0.899. The predicted octanol–water partition coefficient (Wildman–Crippen LogP) is 3.05. The quantitative estimate of drug-likeness (QED) is 0.653. The summed E-state index contributed by atoms with van der Waals surface area (Å²) in [5, 5.41) is 5.74. The van der Waals surface area contributed by atoms with E-state index in [9.17, 15) is 18.8 Å². The highest BCUT2D eigenvalue weighted by atomic mass is 19.1. The molecule has 4 amide bonds. The van der Waals surface area contributed by atoms with Crippen LogP contribution >= 0.6 is 0 Å². The van der Waals surface area contributed by atoms with Gasteiger partial charge in [-0.1, -0.05) is 12.1 Å². The summed E-state index contributed by atoms with van der Waals surface area (Å²) < 4.78 is 13.1. The van der Waals surface area contributed by atoms with Crippen LogP contribution in [0, 0.1) is 5.82 Å². The van der Waals surface area contributed by atoms with Gasteiger partial charge in [0, 0.05) is 57.1 Å². The zero-order valence-corrected chi connectivity index (χ0v) is 19.9. The molecule has 34 heavy (non-hydrogen) atoms. The molecule has 1 aliphatic rings. The Morgan fingerprint density at radius 3 is 2.15 bits per heavy atom. The number of amides is 4. The van der Waals surface area contributed by atoms with E-state index in [0.717, 1.165) is 24.3 Å². The number of nitrogens with zero attached hydrogens (tertiary/aromatic N) is 3. The Bertz CT molecular complexity index is 987. The lowest BCUT2D eigenvalue weighted by Gasteiger charge is -2.36. The lowest BCUT2D eigenvalue weighted by molar-refractivity contribution is -0.133. The van der Waals surface area contributed by atoms with Crippen molar-refractivity contribution in [3.05, 3.63) is 59.9 Å². The van der Waals surface area contributed by atoms with Crippen LogP contribution in [-0.2, 0) is 16.1 Å². The first-order valence-corrected chi connectivity index (χ1v) is 11.4. The van der Waals surface area contributed by atoms with Crippen molar-refractivity contribution in [2.24, 2.45) is 0 Å². The fraction of sp³-hybridized carbons (Fsp3) is 0.400. The van der Waals surface area contributed by atoms with E-state index in [2.05, 4.69) is 15.5 Å². The molecule has 0 saturated carbocycles. The Morgan fingerprint density at radius 1 is 0.971 bits per heavy atom. The van der Waals surface area contributed by atoms with Gasteiger partial charge in [0.05, 0.1) is 0 Å². The Kier molecular flexibility index (Phi) is 8.45. The van der Waals surface area contributed by atoms with Crippen molar-refractivity contribution in [3.8, 4) is 0 Å². The fourth-order valence-electron chi connectivity index (χ4n) is 3.72.